The molecule has 90 valence electrons. The van der Waals surface area contributed by atoms with Crippen molar-refractivity contribution in [3.05, 3.63) is 12.2 Å². The summed E-state index contributed by atoms with van der Waals surface area (Å²) in [6, 6.07) is 1.83. The van der Waals surface area contributed by atoms with Gasteiger partial charge in [0.1, 0.15) is 18.9 Å². The Labute approximate surface area is 99.0 Å². The quantitative estimate of drug-likeness (QED) is 0.707. The van der Waals surface area contributed by atoms with Gasteiger partial charge in [0.25, 0.3) is 5.82 Å². The minimum Gasteiger partial charge on any atom is -0.340 e. The zero-order valence-electron chi connectivity index (χ0n) is 9.46. The highest BCUT2D eigenvalue weighted by atomic mass is 16.2. The van der Waals surface area contributed by atoms with Crippen molar-refractivity contribution in [1.82, 2.24) is 25.0 Å². The third-order valence-electron chi connectivity index (χ3n) is 2.63. The van der Waals surface area contributed by atoms with Crippen molar-refractivity contribution in [3.8, 4) is 6.07 Å². The number of hydrogen-bond donors (Lipinski definition) is 1. The lowest BCUT2D eigenvalue weighted by atomic mass is 10.4. The molecular formula is C10H14N6O. The number of carbonyl (C=O) groups excluding carboxylic acids is 1. The molecule has 1 aromatic heterocycles. The molecule has 0 atom stereocenters. The number of amides is 1. The first kappa shape index (κ1) is 11.5. The van der Waals surface area contributed by atoms with E-state index in [1.54, 1.807) is 0 Å². The maximum absolute atomic E-state index is 11.9. The fourth-order valence-corrected chi connectivity index (χ4v) is 1.76. The van der Waals surface area contributed by atoms with Crippen LogP contribution in [0.25, 0.3) is 0 Å². The topological polar surface area (TPSA) is 86.8 Å². The van der Waals surface area contributed by atoms with Crippen LogP contribution in [-0.4, -0.2) is 51.8 Å². The van der Waals surface area contributed by atoms with Crippen molar-refractivity contribution in [3.63, 3.8) is 0 Å². The first-order chi connectivity index (χ1) is 8.29. The Kier molecular flexibility index (Phi) is 3.67. The van der Waals surface area contributed by atoms with Crippen molar-refractivity contribution in [2.75, 3.05) is 26.2 Å². The van der Waals surface area contributed by atoms with E-state index in [-0.39, 0.29) is 18.3 Å². The van der Waals surface area contributed by atoms with Crippen molar-refractivity contribution >= 4 is 5.91 Å². The van der Waals surface area contributed by atoms with Gasteiger partial charge in [-0.25, -0.2) is 9.67 Å². The maximum atomic E-state index is 11.9. The van der Waals surface area contributed by atoms with E-state index in [1.165, 1.54) is 11.0 Å². The van der Waals surface area contributed by atoms with E-state index in [1.807, 2.05) is 11.0 Å². The highest BCUT2D eigenvalue weighted by molar-refractivity contribution is 5.75. The first-order valence-corrected chi connectivity index (χ1v) is 5.57. The standard InChI is InChI=1S/C10H14N6O/c11-6-9-13-8-16(14-9)7-10(17)15-4-1-2-12-3-5-15/h8,12H,1-5,7H2. The van der Waals surface area contributed by atoms with Crippen LogP contribution >= 0.6 is 0 Å². The van der Waals surface area contributed by atoms with Gasteiger partial charge in [-0.2, -0.15) is 5.26 Å². The molecule has 2 heterocycles. The Morgan fingerprint density at radius 2 is 2.41 bits per heavy atom. The third-order valence-corrected chi connectivity index (χ3v) is 2.63. The Morgan fingerprint density at radius 1 is 1.53 bits per heavy atom. The second-order valence-electron chi connectivity index (χ2n) is 3.86. The lowest BCUT2D eigenvalue weighted by molar-refractivity contribution is -0.131. The van der Waals surface area contributed by atoms with Gasteiger partial charge in [0.05, 0.1) is 0 Å². The lowest BCUT2D eigenvalue weighted by Gasteiger charge is -2.19. The van der Waals surface area contributed by atoms with E-state index in [9.17, 15) is 4.79 Å². The molecule has 0 saturated carbocycles. The second-order valence-corrected chi connectivity index (χ2v) is 3.86. The third kappa shape index (κ3) is 3.01. The highest BCUT2D eigenvalue weighted by Crippen LogP contribution is 1.98. The van der Waals surface area contributed by atoms with Gasteiger partial charge in [-0.15, -0.1) is 5.10 Å². The smallest absolute Gasteiger partial charge is 0.252 e. The molecular weight excluding hydrogens is 220 g/mol. The van der Waals surface area contributed by atoms with E-state index < -0.39 is 0 Å². The number of aromatic nitrogens is 3. The van der Waals surface area contributed by atoms with Crippen molar-refractivity contribution < 1.29 is 4.79 Å². The molecule has 1 N–H and O–H groups in total. The van der Waals surface area contributed by atoms with Gasteiger partial charge in [0.2, 0.25) is 5.91 Å². The summed E-state index contributed by atoms with van der Waals surface area (Å²) in [7, 11) is 0. The summed E-state index contributed by atoms with van der Waals surface area (Å²) >= 11 is 0. The van der Waals surface area contributed by atoms with E-state index in [0.717, 1.165) is 32.6 Å². The van der Waals surface area contributed by atoms with Gasteiger partial charge in [-0.05, 0) is 13.0 Å². The van der Waals surface area contributed by atoms with Crippen molar-refractivity contribution in [1.29, 1.82) is 5.26 Å². The predicted octanol–water partition coefficient (Wildman–Crippen LogP) is -1.03. The van der Waals surface area contributed by atoms with Crippen LogP contribution in [0.2, 0.25) is 0 Å². The molecule has 1 saturated heterocycles. The van der Waals surface area contributed by atoms with Gasteiger partial charge in [-0.3, -0.25) is 4.79 Å². The number of hydrogen-bond acceptors (Lipinski definition) is 5. The normalized spacial score (nSPS) is 16.3. The number of nitrogens with zero attached hydrogens (tertiary/aromatic N) is 5. The van der Waals surface area contributed by atoms with E-state index in [4.69, 9.17) is 5.26 Å². The molecule has 1 amide bonds. The van der Waals surface area contributed by atoms with Crippen LogP contribution in [0.15, 0.2) is 6.33 Å². The largest absolute Gasteiger partial charge is 0.340 e. The summed E-state index contributed by atoms with van der Waals surface area (Å²) in [5.41, 5.74) is 0. The molecule has 0 aliphatic carbocycles. The predicted molar refractivity (Wildman–Crippen MR) is 58.8 cm³/mol. The zero-order valence-corrected chi connectivity index (χ0v) is 9.46. The van der Waals surface area contributed by atoms with Gasteiger partial charge in [0, 0.05) is 19.6 Å². The van der Waals surface area contributed by atoms with Crippen LogP contribution in [0.3, 0.4) is 0 Å². The molecule has 0 bridgehead atoms. The fourth-order valence-electron chi connectivity index (χ4n) is 1.76. The molecule has 0 spiro atoms. The Bertz CT molecular complexity index is 426. The summed E-state index contributed by atoms with van der Waals surface area (Å²) < 4.78 is 1.40. The summed E-state index contributed by atoms with van der Waals surface area (Å²) in [4.78, 5) is 17.5. The van der Waals surface area contributed by atoms with Crippen LogP contribution in [-0.2, 0) is 11.3 Å². The van der Waals surface area contributed by atoms with Gasteiger partial charge < -0.3 is 10.2 Å². The molecule has 0 aromatic carbocycles. The molecule has 1 fully saturated rings. The van der Waals surface area contributed by atoms with Gasteiger partial charge in [0.15, 0.2) is 0 Å². The molecule has 0 radical (unpaired) electrons. The number of nitriles is 1. The molecule has 1 aliphatic heterocycles. The highest BCUT2D eigenvalue weighted by Gasteiger charge is 2.16. The van der Waals surface area contributed by atoms with Crippen LogP contribution in [0, 0.1) is 11.3 Å². The minimum atomic E-state index is 0.0167. The summed E-state index contributed by atoms with van der Waals surface area (Å²) in [5, 5.41) is 15.7. The SMILES string of the molecule is N#Cc1ncn(CC(=O)N2CCCNCC2)n1. The summed E-state index contributed by atoms with van der Waals surface area (Å²) in [6.45, 7) is 3.41. The first-order valence-electron chi connectivity index (χ1n) is 5.57. The molecule has 2 rings (SSSR count). The Hall–Kier alpha value is -1.94. The Morgan fingerprint density at radius 3 is 3.18 bits per heavy atom. The Balaban J connectivity index is 1.93. The lowest BCUT2D eigenvalue weighted by Crippen LogP contribution is -2.36. The monoisotopic (exact) mass is 234 g/mol. The van der Waals surface area contributed by atoms with Gasteiger partial charge in [-0.1, -0.05) is 0 Å². The average Bonchev–Trinajstić information content (AvgIpc) is 2.62. The second kappa shape index (κ2) is 5.41. The zero-order chi connectivity index (χ0) is 12.1. The number of carbonyl (C=O) groups is 1. The van der Waals surface area contributed by atoms with Crippen LogP contribution in [0.4, 0.5) is 0 Å². The van der Waals surface area contributed by atoms with Crippen LogP contribution < -0.4 is 5.32 Å². The van der Waals surface area contributed by atoms with E-state index in [2.05, 4.69) is 15.4 Å². The maximum Gasteiger partial charge on any atom is 0.252 e. The van der Waals surface area contributed by atoms with Crippen LogP contribution in [0.5, 0.6) is 0 Å². The summed E-state index contributed by atoms with van der Waals surface area (Å²) in [6.07, 6.45) is 2.37. The van der Waals surface area contributed by atoms with Crippen molar-refractivity contribution in [2.24, 2.45) is 0 Å². The van der Waals surface area contributed by atoms with Gasteiger partial charge >= 0.3 is 0 Å². The molecule has 1 aromatic rings. The van der Waals surface area contributed by atoms with E-state index in [0.29, 0.717) is 0 Å². The molecule has 7 nitrogen and oxygen atoms in total. The molecule has 7 heteroatoms. The molecule has 0 unspecified atom stereocenters. The fraction of sp³-hybridized carbons (Fsp3) is 0.600. The summed E-state index contributed by atoms with van der Waals surface area (Å²) in [5.74, 6) is 0.110. The number of rotatable bonds is 2. The van der Waals surface area contributed by atoms with Crippen LogP contribution in [0.1, 0.15) is 12.2 Å². The number of nitrogens with one attached hydrogen (secondary N) is 1. The molecule has 1 aliphatic rings. The average molecular weight is 234 g/mol. The van der Waals surface area contributed by atoms with E-state index >= 15 is 0 Å². The van der Waals surface area contributed by atoms with Crippen molar-refractivity contribution in [2.45, 2.75) is 13.0 Å². The minimum absolute atomic E-state index is 0.0167. The molecule has 17 heavy (non-hydrogen) atoms.